The first-order valence-electron chi connectivity index (χ1n) is 4.53. The lowest BCUT2D eigenvalue weighted by atomic mass is 9.94. The van der Waals surface area contributed by atoms with Crippen LogP contribution in [-0.4, -0.2) is 0 Å². The molecule has 1 aromatic rings. The molecule has 0 amide bonds. The first kappa shape index (κ1) is 11.9. The van der Waals surface area contributed by atoms with Gasteiger partial charge in [0.15, 0.2) is 11.6 Å². The molecule has 16 heavy (non-hydrogen) atoms. The number of anilines is 1. The molecule has 0 saturated heterocycles. The topological polar surface area (TPSA) is 54.2 Å². The number of nitrogen functional groups attached to an aromatic ring is 1. The van der Waals surface area contributed by atoms with E-state index in [-0.39, 0.29) is 17.2 Å². The zero-order valence-corrected chi connectivity index (χ0v) is 8.81. The van der Waals surface area contributed by atoms with Gasteiger partial charge in [0.1, 0.15) is 6.07 Å². The minimum absolute atomic E-state index is 0.161. The number of nitrogens with zero attached hydrogens (tertiary/aromatic N) is 2. The van der Waals surface area contributed by atoms with Gasteiger partial charge in [0.25, 0.3) is 0 Å². The third-order valence-corrected chi connectivity index (χ3v) is 2.23. The third-order valence-electron chi connectivity index (χ3n) is 2.23. The molecule has 0 saturated carbocycles. The van der Waals surface area contributed by atoms with Gasteiger partial charge in [-0.05, 0) is 11.5 Å². The standard InChI is InChI=1S/C11H9F2N3/c1-5(2)7-6(4-14)8(12)9(13)10(15)11(7)16-3/h5H,15H2,1-2H3. The number of nitrogens with two attached hydrogens (primary N) is 1. The van der Waals surface area contributed by atoms with E-state index >= 15 is 0 Å². The summed E-state index contributed by atoms with van der Waals surface area (Å²) in [5.74, 6) is -2.89. The molecule has 0 heterocycles. The maximum atomic E-state index is 13.4. The minimum Gasteiger partial charge on any atom is -0.405 e. The maximum Gasteiger partial charge on any atom is 0.217 e. The van der Waals surface area contributed by atoms with Crippen molar-refractivity contribution in [3.63, 3.8) is 0 Å². The second-order valence-corrected chi connectivity index (χ2v) is 3.56. The maximum absolute atomic E-state index is 13.4. The average Bonchev–Trinajstić information content (AvgIpc) is 2.25. The van der Waals surface area contributed by atoms with Crippen molar-refractivity contribution in [1.29, 1.82) is 5.26 Å². The van der Waals surface area contributed by atoms with E-state index in [9.17, 15) is 8.78 Å². The SMILES string of the molecule is [C-]#[N+]c1c(N)c(F)c(F)c(C#N)c1C(C)C. The molecule has 0 fully saturated rings. The molecule has 1 aromatic carbocycles. The fourth-order valence-corrected chi connectivity index (χ4v) is 1.51. The minimum atomic E-state index is -1.33. The smallest absolute Gasteiger partial charge is 0.217 e. The number of halogens is 2. The van der Waals surface area contributed by atoms with Gasteiger partial charge < -0.3 is 5.73 Å². The highest BCUT2D eigenvalue weighted by Crippen LogP contribution is 2.38. The predicted molar refractivity (Wildman–Crippen MR) is 55.8 cm³/mol. The van der Waals surface area contributed by atoms with Crippen molar-refractivity contribution in [3.05, 3.63) is 34.2 Å². The Morgan fingerprint density at radius 3 is 2.31 bits per heavy atom. The van der Waals surface area contributed by atoms with Crippen molar-refractivity contribution in [2.45, 2.75) is 19.8 Å². The highest BCUT2D eigenvalue weighted by Gasteiger charge is 2.24. The fourth-order valence-electron chi connectivity index (χ4n) is 1.51. The Morgan fingerprint density at radius 2 is 1.94 bits per heavy atom. The lowest BCUT2D eigenvalue weighted by molar-refractivity contribution is 0.508. The van der Waals surface area contributed by atoms with Gasteiger partial charge in [0.05, 0.1) is 17.8 Å². The molecule has 0 aliphatic carbocycles. The van der Waals surface area contributed by atoms with E-state index in [1.807, 2.05) is 0 Å². The van der Waals surface area contributed by atoms with Crippen LogP contribution in [0.15, 0.2) is 0 Å². The number of nitriles is 1. The van der Waals surface area contributed by atoms with Crippen LogP contribution in [0.3, 0.4) is 0 Å². The summed E-state index contributed by atoms with van der Waals surface area (Å²) in [6.07, 6.45) is 0. The quantitative estimate of drug-likeness (QED) is 0.585. The zero-order chi connectivity index (χ0) is 12.5. The van der Waals surface area contributed by atoms with Crippen molar-refractivity contribution in [3.8, 4) is 6.07 Å². The van der Waals surface area contributed by atoms with Crippen molar-refractivity contribution in [2.24, 2.45) is 0 Å². The van der Waals surface area contributed by atoms with Crippen molar-refractivity contribution < 1.29 is 8.78 Å². The molecule has 0 unspecified atom stereocenters. The Labute approximate surface area is 91.9 Å². The van der Waals surface area contributed by atoms with E-state index in [4.69, 9.17) is 17.6 Å². The normalized spacial score (nSPS) is 9.94. The van der Waals surface area contributed by atoms with E-state index in [1.165, 1.54) is 0 Å². The van der Waals surface area contributed by atoms with Gasteiger partial charge in [0, 0.05) is 0 Å². The summed E-state index contributed by atoms with van der Waals surface area (Å²) >= 11 is 0. The third kappa shape index (κ3) is 1.57. The molecule has 82 valence electrons. The predicted octanol–water partition coefficient (Wildman–Crippen LogP) is 3.09. The van der Waals surface area contributed by atoms with Crippen LogP contribution in [0.4, 0.5) is 20.2 Å². The fraction of sp³-hybridized carbons (Fsp3) is 0.273. The number of hydrogen-bond acceptors (Lipinski definition) is 2. The molecular formula is C11H9F2N3. The molecule has 0 aliphatic rings. The van der Waals surface area contributed by atoms with Crippen LogP contribution in [0.2, 0.25) is 0 Å². The lowest BCUT2D eigenvalue weighted by Crippen LogP contribution is -2.04. The Bertz CT molecular complexity index is 480. The molecule has 1 rings (SSSR count). The number of hydrogen-bond donors (Lipinski definition) is 1. The first-order valence-corrected chi connectivity index (χ1v) is 4.53. The molecular weight excluding hydrogens is 212 g/mol. The van der Waals surface area contributed by atoms with Gasteiger partial charge in [0.2, 0.25) is 5.69 Å². The van der Waals surface area contributed by atoms with Crippen LogP contribution in [-0.2, 0) is 0 Å². The van der Waals surface area contributed by atoms with Gasteiger partial charge in [-0.3, -0.25) is 0 Å². The largest absolute Gasteiger partial charge is 0.405 e. The molecule has 3 nitrogen and oxygen atoms in total. The monoisotopic (exact) mass is 221 g/mol. The summed E-state index contributed by atoms with van der Waals surface area (Å²) in [7, 11) is 0. The molecule has 0 atom stereocenters. The molecule has 0 radical (unpaired) electrons. The van der Waals surface area contributed by atoms with Crippen LogP contribution in [0, 0.1) is 29.5 Å². The summed E-state index contributed by atoms with van der Waals surface area (Å²) < 4.78 is 26.7. The van der Waals surface area contributed by atoms with E-state index in [0.29, 0.717) is 0 Å². The molecule has 0 aliphatic heterocycles. The van der Waals surface area contributed by atoms with Gasteiger partial charge >= 0.3 is 0 Å². The molecule has 0 spiro atoms. The number of benzene rings is 1. The van der Waals surface area contributed by atoms with E-state index in [0.717, 1.165) is 0 Å². The van der Waals surface area contributed by atoms with Crippen LogP contribution in [0.25, 0.3) is 4.85 Å². The Hall–Kier alpha value is -2.14. The van der Waals surface area contributed by atoms with Crippen LogP contribution >= 0.6 is 0 Å². The molecule has 0 bridgehead atoms. The first-order chi connectivity index (χ1) is 7.45. The van der Waals surface area contributed by atoms with Gasteiger partial charge in [-0.25, -0.2) is 13.6 Å². The Balaban J connectivity index is 3.84. The second kappa shape index (κ2) is 4.16. The van der Waals surface area contributed by atoms with Crippen LogP contribution < -0.4 is 5.73 Å². The summed E-state index contributed by atoms with van der Waals surface area (Å²) in [5, 5.41) is 8.78. The van der Waals surface area contributed by atoms with Gasteiger partial charge in [-0.15, -0.1) is 0 Å². The Kier molecular flexibility index (Phi) is 3.10. The second-order valence-electron chi connectivity index (χ2n) is 3.56. The summed E-state index contributed by atoms with van der Waals surface area (Å²) in [5.41, 5.74) is 4.33. The van der Waals surface area contributed by atoms with Crippen molar-refractivity contribution in [2.75, 3.05) is 5.73 Å². The van der Waals surface area contributed by atoms with Crippen LogP contribution in [0.1, 0.15) is 30.9 Å². The number of rotatable bonds is 1. The van der Waals surface area contributed by atoms with Crippen LogP contribution in [0.5, 0.6) is 0 Å². The van der Waals surface area contributed by atoms with Crippen molar-refractivity contribution >= 4 is 11.4 Å². The Morgan fingerprint density at radius 1 is 1.38 bits per heavy atom. The van der Waals surface area contributed by atoms with Gasteiger partial charge in [-0.1, -0.05) is 13.8 Å². The van der Waals surface area contributed by atoms with E-state index < -0.39 is 22.9 Å². The van der Waals surface area contributed by atoms with E-state index in [1.54, 1.807) is 19.9 Å². The lowest BCUT2D eigenvalue weighted by Gasteiger charge is -2.14. The highest BCUT2D eigenvalue weighted by molar-refractivity contribution is 5.76. The van der Waals surface area contributed by atoms with E-state index in [2.05, 4.69) is 4.85 Å². The molecule has 2 N–H and O–H groups in total. The highest BCUT2D eigenvalue weighted by atomic mass is 19.2. The summed E-state index contributed by atoms with van der Waals surface area (Å²) in [4.78, 5) is 3.07. The van der Waals surface area contributed by atoms with Gasteiger partial charge in [-0.2, -0.15) is 5.26 Å². The zero-order valence-electron chi connectivity index (χ0n) is 8.81. The molecule has 0 aromatic heterocycles. The summed E-state index contributed by atoms with van der Waals surface area (Å²) in [6, 6.07) is 1.57. The summed E-state index contributed by atoms with van der Waals surface area (Å²) in [6.45, 7) is 10.3. The molecule has 5 heteroatoms. The van der Waals surface area contributed by atoms with Crippen molar-refractivity contribution in [1.82, 2.24) is 0 Å². The average molecular weight is 221 g/mol.